The SMILES string of the molecule is CSCCC(NC(=O)c1ccc(S(=O)N(C)C)s1)C(=O)Nc1nc(-c2ccccc2)cs1. The highest BCUT2D eigenvalue weighted by Crippen LogP contribution is 2.25. The van der Waals surface area contributed by atoms with Crippen molar-refractivity contribution in [1.82, 2.24) is 14.6 Å². The van der Waals surface area contributed by atoms with E-state index in [-0.39, 0.29) is 11.8 Å². The molecule has 2 heterocycles. The molecule has 0 fully saturated rings. The van der Waals surface area contributed by atoms with Crippen molar-refractivity contribution in [3.63, 3.8) is 0 Å². The molecule has 2 amide bonds. The largest absolute Gasteiger partial charge is 0.339 e. The molecule has 7 nitrogen and oxygen atoms in total. The molecule has 11 heteroatoms. The Balaban J connectivity index is 1.68. The van der Waals surface area contributed by atoms with Crippen molar-refractivity contribution >= 4 is 62.4 Å². The van der Waals surface area contributed by atoms with E-state index in [1.807, 2.05) is 42.0 Å². The first kappa shape index (κ1) is 24.6. The summed E-state index contributed by atoms with van der Waals surface area (Å²) < 4.78 is 14.4. The maximum absolute atomic E-state index is 12.9. The molecule has 0 saturated carbocycles. The van der Waals surface area contributed by atoms with Gasteiger partial charge in [0.1, 0.15) is 21.2 Å². The van der Waals surface area contributed by atoms with Crippen molar-refractivity contribution in [2.24, 2.45) is 0 Å². The summed E-state index contributed by atoms with van der Waals surface area (Å²) in [4.78, 5) is 30.6. The third-order valence-corrected chi connectivity index (χ3v) is 8.45. The molecule has 2 unspecified atom stereocenters. The van der Waals surface area contributed by atoms with Gasteiger partial charge in [-0.25, -0.2) is 13.5 Å². The van der Waals surface area contributed by atoms with Gasteiger partial charge in [-0.3, -0.25) is 9.59 Å². The van der Waals surface area contributed by atoms with E-state index >= 15 is 0 Å². The van der Waals surface area contributed by atoms with Crippen molar-refractivity contribution < 1.29 is 13.8 Å². The number of benzene rings is 1. The van der Waals surface area contributed by atoms with E-state index in [2.05, 4.69) is 15.6 Å². The van der Waals surface area contributed by atoms with Crippen LogP contribution in [0.15, 0.2) is 52.1 Å². The van der Waals surface area contributed by atoms with Crippen LogP contribution >= 0.6 is 34.4 Å². The Hall–Kier alpha value is -2.05. The molecule has 2 N–H and O–H groups in total. The minimum atomic E-state index is -1.31. The van der Waals surface area contributed by atoms with Crippen molar-refractivity contribution in [3.05, 3.63) is 52.7 Å². The number of thiazole rings is 1. The van der Waals surface area contributed by atoms with Crippen molar-refractivity contribution in [2.45, 2.75) is 16.7 Å². The molecular formula is C21H24N4O3S4. The van der Waals surface area contributed by atoms with Crippen molar-refractivity contribution in [1.29, 1.82) is 0 Å². The highest BCUT2D eigenvalue weighted by Gasteiger charge is 2.23. The number of hydrogen-bond acceptors (Lipinski definition) is 7. The van der Waals surface area contributed by atoms with Crippen LogP contribution < -0.4 is 10.6 Å². The van der Waals surface area contributed by atoms with Gasteiger partial charge in [-0.15, -0.1) is 22.7 Å². The molecule has 0 aliphatic heterocycles. The zero-order valence-electron chi connectivity index (χ0n) is 17.9. The maximum Gasteiger partial charge on any atom is 0.262 e. The molecule has 1 aromatic carbocycles. The molecule has 170 valence electrons. The van der Waals surface area contributed by atoms with Crippen LogP contribution in [0.1, 0.15) is 16.1 Å². The first-order valence-electron chi connectivity index (χ1n) is 9.69. The quantitative estimate of drug-likeness (QED) is 0.433. The van der Waals surface area contributed by atoms with Gasteiger partial charge >= 0.3 is 0 Å². The predicted molar refractivity (Wildman–Crippen MR) is 135 cm³/mol. The lowest BCUT2D eigenvalue weighted by molar-refractivity contribution is -0.118. The van der Waals surface area contributed by atoms with E-state index in [0.717, 1.165) is 22.6 Å². The zero-order valence-corrected chi connectivity index (χ0v) is 21.1. The number of hydrogen-bond donors (Lipinski definition) is 2. The zero-order chi connectivity index (χ0) is 23.1. The summed E-state index contributed by atoms with van der Waals surface area (Å²) in [7, 11) is 2.10. The van der Waals surface area contributed by atoms with Gasteiger partial charge in [0.25, 0.3) is 5.91 Å². The van der Waals surface area contributed by atoms with Gasteiger partial charge in [-0.1, -0.05) is 30.3 Å². The van der Waals surface area contributed by atoms with Gasteiger partial charge < -0.3 is 10.6 Å². The third kappa shape index (κ3) is 6.48. The predicted octanol–water partition coefficient (Wildman–Crippen LogP) is 3.95. The van der Waals surface area contributed by atoms with E-state index in [1.165, 1.54) is 11.3 Å². The fourth-order valence-electron chi connectivity index (χ4n) is 2.72. The number of carbonyl (C=O) groups excluding carboxylic acids is 2. The molecule has 0 spiro atoms. The fraction of sp³-hybridized carbons (Fsp3) is 0.286. The van der Waals surface area contributed by atoms with Crippen LogP contribution in [0.25, 0.3) is 11.3 Å². The highest BCUT2D eigenvalue weighted by atomic mass is 32.2. The van der Waals surface area contributed by atoms with Gasteiger partial charge in [-0.2, -0.15) is 11.8 Å². The number of amides is 2. The summed E-state index contributed by atoms with van der Waals surface area (Å²) in [6.07, 6.45) is 2.43. The van der Waals surface area contributed by atoms with Crippen LogP contribution in [0.4, 0.5) is 5.13 Å². The number of carbonyl (C=O) groups is 2. The maximum atomic E-state index is 12.9. The van der Waals surface area contributed by atoms with Crippen molar-refractivity contribution in [2.75, 3.05) is 31.4 Å². The Bertz CT molecular complexity index is 1080. The Morgan fingerprint density at radius 1 is 1.19 bits per heavy atom. The summed E-state index contributed by atoms with van der Waals surface area (Å²) in [6.45, 7) is 0. The lowest BCUT2D eigenvalue weighted by Crippen LogP contribution is -2.44. The van der Waals surface area contributed by atoms with Crippen LogP contribution in [0.5, 0.6) is 0 Å². The minimum absolute atomic E-state index is 0.310. The molecule has 32 heavy (non-hydrogen) atoms. The average molecular weight is 509 g/mol. The molecular weight excluding hydrogens is 485 g/mol. The van der Waals surface area contributed by atoms with Gasteiger partial charge in [0.2, 0.25) is 5.91 Å². The minimum Gasteiger partial charge on any atom is -0.339 e. The number of thioether (sulfide) groups is 1. The molecule has 0 radical (unpaired) electrons. The molecule has 3 rings (SSSR count). The van der Waals surface area contributed by atoms with E-state index in [9.17, 15) is 13.8 Å². The number of rotatable bonds is 10. The topological polar surface area (TPSA) is 91.4 Å². The number of nitrogens with one attached hydrogen (secondary N) is 2. The Kier molecular flexibility index (Phi) is 9.00. The molecule has 3 aromatic rings. The number of thiophene rings is 1. The third-order valence-electron chi connectivity index (χ3n) is 4.35. The van der Waals surface area contributed by atoms with Crippen LogP contribution in [0, 0.1) is 0 Å². The lowest BCUT2D eigenvalue weighted by atomic mass is 10.2. The molecule has 0 bridgehead atoms. The van der Waals surface area contributed by atoms with Crippen molar-refractivity contribution in [3.8, 4) is 11.3 Å². The van der Waals surface area contributed by atoms with E-state index in [4.69, 9.17) is 0 Å². The molecule has 0 saturated heterocycles. The molecule has 2 aromatic heterocycles. The standard InChI is InChI=1S/C21H24N4O3S4/c1-25(2)32(28)18-10-9-17(31-18)20(27)22-15(11-12-29-3)19(26)24-21-23-16(13-30-21)14-7-5-4-6-8-14/h4-10,13,15H,11-12H2,1-3H3,(H,22,27)(H,23,24,26). The summed E-state index contributed by atoms with van der Waals surface area (Å²) in [5, 5.41) is 8.02. The first-order valence-corrected chi connectivity index (χ1v) is 13.9. The van der Waals surface area contributed by atoms with Crippen LogP contribution in [-0.4, -0.2) is 57.5 Å². The second-order valence-electron chi connectivity index (χ2n) is 6.88. The summed E-state index contributed by atoms with van der Waals surface area (Å²) >= 11 is 4.10. The Morgan fingerprint density at radius 3 is 2.62 bits per heavy atom. The normalized spacial score (nSPS) is 13.0. The Labute approximate surface area is 202 Å². The lowest BCUT2D eigenvalue weighted by Gasteiger charge is -2.17. The summed E-state index contributed by atoms with van der Waals surface area (Å²) in [5.74, 6) is 0.0450. The fourth-order valence-corrected chi connectivity index (χ4v) is 6.10. The van der Waals surface area contributed by atoms with Crippen LogP contribution in [0.2, 0.25) is 0 Å². The summed E-state index contributed by atoms with van der Waals surface area (Å²) in [6, 6.07) is 12.3. The first-order chi connectivity index (χ1) is 15.4. The number of nitrogens with zero attached hydrogens (tertiary/aromatic N) is 2. The monoisotopic (exact) mass is 508 g/mol. The van der Waals surface area contributed by atoms with Gasteiger partial charge in [0, 0.05) is 10.9 Å². The van der Waals surface area contributed by atoms with Gasteiger partial charge in [-0.05, 0) is 44.7 Å². The Morgan fingerprint density at radius 2 is 1.94 bits per heavy atom. The van der Waals surface area contributed by atoms with Crippen LogP contribution in [0.3, 0.4) is 0 Å². The highest BCUT2D eigenvalue weighted by molar-refractivity contribution is 7.98. The van der Waals surface area contributed by atoms with E-state index in [0.29, 0.717) is 26.4 Å². The second kappa shape index (κ2) is 11.7. The van der Waals surface area contributed by atoms with E-state index < -0.39 is 17.0 Å². The van der Waals surface area contributed by atoms with Gasteiger partial charge in [0.15, 0.2) is 5.13 Å². The molecule has 2 atom stereocenters. The second-order valence-corrected chi connectivity index (χ2v) is 11.7. The number of anilines is 1. The molecule has 0 aliphatic carbocycles. The van der Waals surface area contributed by atoms with Crippen LogP contribution in [-0.2, 0) is 15.8 Å². The smallest absolute Gasteiger partial charge is 0.262 e. The number of aromatic nitrogens is 1. The summed E-state index contributed by atoms with van der Waals surface area (Å²) in [5.41, 5.74) is 1.76. The van der Waals surface area contributed by atoms with E-state index in [1.54, 1.807) is 42.3 Å². The van der Waals surface area contributed by atoms with Gasteiger partial charge in [0.05, 0.1) is 10.6 Å². The average Bonchev–Trinajstić information content (AvgIpc) is 3.46. The molecule has 0 aliphatic rings.